The zero-order valence-electron chi connectivity index (χ0n) is 19.2. The van der Waals surface area contributed by atoms with Crippen LogP contribution in [0.4, 0.5) is 0 Å². The monoisotopic (exact) mass is 472 g/mol. The average Bonchev–Trinajstić information content (AvgIpc) is 3.22. The molecule has 8 heteroatoms. The van der Waals surface area contributed by atoms with Gasteiger partial charge in [-0.3, -0.25) is 19.4 Å². The van der Waals surface area contributed by atoms with Crippen molar-refractivity contribution in [2.75, 3.05) is 33.3 Å². The topological polar surface area (TPSA) is 51.4 Å². The number of piperazine rings is 1. The lowest BCUT2D eigenvalue weighted by molar-refractivity contribution is 0.0981. The van der Waals surface area contributed by atoms with Crippen molar-refractivity contribution in [3.05, 3.63) is 89.5 Å². The molecule has 0 unspecified atom stereocenters. The summed E-state index contributed by atoms with van der Waals surface area (Å²) >= 11 is 5.92. The van der Waals surface area contributed by atoms with Crippen LogP contribution in [0.1, 0.15) is 5.56 Å². The summed E-state index contributed by atoms with van der Waals surface area (Å²) < 4.78 is 10.1. The Bertz CT molecular complexity index is 1280. The molecule has 2 aromatic carbocycles. The number of rotatable bonds is 7. The summed E-state index contributed by atoms with van der Waals surface area (Å²) in [5, 5.41) is 4.97. The minimum atomic E-state index is 0.665. The summed E-state index contributed by atoms with van der Waals surface area (Å²) in [4.78, 5) is 9.01. The van der Waals surface area contributed by atoms with Gasteiger partial charge in [0.05, 0.1) is 13.8 Å². The Hall–Kier alpha value is -3.33. The number of aromatic nitrogens is 4. The molecule has 1 saturated heterocycles. The van der Waals surface area contributed by atoms with E-state index in [4.69, 9.17) is 22.1 Å². The quantitative estimate of drug-likeness (QED) is 0.375. The van der Waals surface area contributed by atoms with Crippen LogP contribution in [0, 0.1) is 4.77 Å². The van der Waals surface area contributed by atoms with Crippen LogP contribution in [0.15, 0.2) is 79.1 Å². The largest absolute Gasteiger partial charge is 0.497 e. The lowest BCUT2D eigenvalue weighted by atomic mass is 10.2. The van der Waals surface area contributed by atoms with Gasteiger partial charge >= 0.3 is 0 Å². The van der Waals surface area contributed by atoms with Crippen LogP contribution in [0.5, 0.6) is 5.75 Å². The van der Waals surface area contributed by atoms with Crippen molar-refractivity contribution in [2.24, 2.45) is 0 Å². The third-order valence-corrected chi connectivity index (χ3v) is 6.53. The van der Waals surface area contributed by atoms with Crippen molar-refractivity contribution >= 4 is 12.2 Å². The summed E-state index contributed by atoms with van der Waals surface area (Å²) in [5.74, 6) is 1.61. The van der Waals surface area contributed by atoms with E-state index < -0.39 is 0 Å². The van der Waals surface area contributed by atoms with E-state index in [1.807, 2.05) is 64.1 Å². The van der Waals surface area contributed by atoms with Crippen LogP contribution >= 0.6 is 12.2 Å². The Morgan fingerprint density at radius 2 is 1.62 bits per heavy atom. The number of para-hydroxylation sites is 1. The van der Waals surface area contributed by atoms with Gasteiger partial charge in [-0.15, -0.1) is 5.10 Å². The highest BCUT2D eigenvalue weighted by molar-refractivity contribution is 7.71. The van der Waals surface area contributed by atoms with E-state index in [0.29, 0.717) is 11.4 Å². The molecule has 3 heterocycles. The molecule has 0 amide bonds. The lowest BCUT2D eigenvalue weighted by Crippen LogP contribution is -2.46. The fourth-order valence-corrected chi connectivity index (χ4v) is 4.57. The summed E-state index contributed by atoms with van der Waals surface area (Å²) in [5.41, 5.74) is 3.27. The Balaban J connectivity index is 1.37. The fourth-order valence-electron chi connectivity index (χ4n) is 4.28. The minimum Gasteiger partial charge on any atom is -0.497 e. The van der Waals surface area contributed by atoms with Crippen LogP contribution in [0.25, 0.3) is 17.1 Å². The SMILES string of the molecule is COc1cccc(-c2nn(CN3CCN(Cc4ccncc4)CC3)c(=S)n2-c2ccccc2)c1. The van der Waals surface area contributed by atoms with Gasteiger partial charge in [0, 0.05) is 56.4 Å². The van der Waals surface area contributed by atoms with Gasteiger partial charge in [0.2, 0.25) is 4.77 Å². The molecular formula is C26H28N6OS. The van der Waals surface area contributed by atoms with Crippen LogP contribution in [-0.2, 0) is 13.2 Å². The fraction of sp³-hybridized carbons (Fsp3) is 0.269. The molecule has 0 aliphatic carbocycles. The van der Waals surface area contributed by atoms with Gasteiger partial charge in [0.25, 0.3) is 0 Å². The summed E-state index contributed by atoms with van der Waals surface area (Å²) in [7, 11) is 1.68. The van der Waals surface area contributed by atoms with Gasteiger partial charge in [-0.1, -0.05) is 30.3 Å². The van der Waals surface area contributed by atoms with Gasteiger partial charge in [-0.25, -0.2) is 4.68 Å². The first-order chi connectivity index (χ1) is 16.7. The molecule has 174 valence electrons. The molecule has 34 heavy (non-hydrogen) atoms. The van der Waals surface area contributed by atoms with Gasteiger partial charge in [0.1, 0.15) is 5.75 Å². The molecule has 5 rings (SSSR count). The highest BCUT2D eigenvalue weighted by atomic mass is 32.1. The van der Waals surface area contributed by atoms with Gasteiger partial charge in [-0.05, 0) is 54.2 Å². The number of methoxy groups -OCH3 is 1. The molecule has 0 atom stereocenters. The van der Waals surface area contributed by atoms with E-state index in [1.165, 1.54) is 5.56 Å². The van der Waals surface area contributed by atoms with Gasteiger partial charge in [0.15, 0.2) is 5.82 Å². The summed E-state index contributed by atoms with van der Waals surface area (Å²) in [6, 6.07) is 22.3. The first-order valence-electron chi connectivity index (χ1n) is 11.4. The maximum atomic E-state index is 5.92. The predicted molar refractivity (Wildman–Crippen MR) is 135 cm³/mol. The second-order valence-electron chi connectivity index (χ2n) is 8.40. The molecular weight excluding hydrogens is 444 g/mol. The van der Waals surface area contributed by atoms with Crippen molar-refractivity contribution in [3.63, 3.8) is 0 Å². The lowest BCUT2D eigenvalue weighted by Gasteiger charge is -2.34. The molecule has 0 spiro atoms. The molecule has 4 aromatic rings. The molecule has 7 nitrogen and oxygen atoms in total. The zero-order valence-corrected chi connectivity index (χ0v) is 20.1. The number of pyridine rings is 1. The maximum Gasteiger partial charge on any atom is 0.204 e. The highest BCUT2D eigenvalue weighted by Gasteiger charge is 2.20. The van der Waals surface area contributed by atoms with E-state index in [0.717, 1.165) is 55.5 Å². The third-order valence-electron chi connectivity index (χ3n) is 6.14. The van der Waals surface area contributed by atoms with Crippen LogP contribution in [0.2, 0.25) is 0 Å². The van der Waals surface area contributed by atoms with E-state index in [-0.39, 0.29) is 0 Å². The van der Waals surface area contributed by atoms with Crippen molar-refractivity contribution in [1.82, 2.24) is 29.1 Å². The second kappa shape index (κ2) is 10.3. The molecule has 0 radical (unpaired) electrons. The molecule has 1 fully saturated rings. The molecule has 0 saturated carbocycles. The summed E-state index contributed by atoms with van der Waals surface area (Å²) in [6.07, 6.45) is 3.71. The number of nitrogens with zero attached hydrogens (tertiary/aromatic N) is 6. The Morgan fingerprint density at radius 3 is 2.35 bits per heavy atom. The van der Waals surface area contributed by atoms with Gasteiger partial charge < -0.3 is 4.74 Å². The van der Waals surface area contributed by atoms with Gasteiger partial charge in [-0.2, -0.15) is 0 Å². The normalized spacial score (nSPS) is 14.9. The Kier molecular flexibility index (Phi) is 6.80. The highest BCUT2D eigenvalue weighted by Crippen LogP contribution is 2.26. The van der Waals surface area contributed by atoms with Crippen molar-refractivity contribution < 1.29 is 4.74 Å². The summed E-state index contributed by atoms with van der Waals surface area (Å²) in [6.45, 7) is 5.59. The van der Waals surface area contributed by atoms with Crippen LogP contribution in [0.3, 0.4) is 0 Å². The smallest absolute Gasteiger partial charge is 0.204 e. The molecule has 1 aliphatic heterocycles. The zero-order chi connectivity index (χ0) is 23.3. The van der Waals surface area contributed by atoms with Crippen molar-refractivity contribution in [2.45, 2.75) is 13.2 Å². The number of benzene rings is 2. The second-order valence-corrected chi connectivity index (χ2v) is 8.76. The van der Waals surface area contributed by atoms with E-state index in [2.05, 4.69) is 39.0 Å². The molecule has 0 bridgehead atoms. The molecule has 2 aromatic heterocycles. The van der Waals surface area contributed by atoms with Crippen LogP contribution < -0.4 is 4.74 Å². The van der Waals surface area contributed by atoms with Crippen molar-refractivity contribution in [1.29, 1.82) is 0 Å². The number of ether oxygens (including phenoxy) is 1. The first-order valence-corrected chi connectivity index (χ1v) is 11.9. The van der Waals surface area contributed by atoms with E-state index >= 15 is 0 Å². The van der Waals surface area contributed by atoms with E-state index in [1.54, 1.807) is 7.11 Å². The maximum absolute atomic E-state index is 5.92. The van der Waals surface area contributed by atoms with E-state index in [9.17, 15) is 0 Å². The molecule has 1 aliphatic rings. The number of hydrogen-bond donors (Lipinski definition) is 0. The minimum absolute atomic E-state index is 0.665. The third kappa shape index (κ3) is 4.94. The molecule has 0 N–H and O–H groups in total. The average molecular weight is 473 g/mol. The van der Waals surface area contributed by atoms with Crippen molar-refractivity contribution in [3.8, 4) is 22.8 Å². The van der Waals surface area contributed by atoms with Crippen LogP contribution in [-0.4, -0.2) is 62.4 Å². The Morgan fingerprint density at radius 1 is 0.882 bits per heavy atom. The number of hydrogen-bond acceptors (Lipinski definition) is 6. The first kappa shape index (κ1) is 22.5. The standard InChI is InChI=1S/C26H28N6OS/c1-33-24-9-5-6-22(18-24)25-28-31(26(34)32(25)23-7-3-2-4-8-23)20-30-16-14-29(15-17-30)19-21-10-12-27-13-11-21/h2-13,18H,14-17,19-20H2,1H3. The predicted octanol–water partition coefficient (Wildman–Crippen LogP) is 4.25. The Labute approximate surface area is 204 Å².